The summed E-state index contributed by atoms with van der Waals surface area (Å²) in [5, 5.41) is 0. The van der Waals surface area contributed by atoms with Gasteiger partial charge < -0.3 is 14.4 Å². The van der Waals surface area contributed by atoms with E-state index in [1.54, 1.807) is 0 Å². The van der Waals surface area contributed by atoms with Crippen molar-refractivity contribution in [2.75, 3.05) is 26.4 Å². The van der Waals surface area contributed by atoms with Crippen LogP contribution in [0.2, 0.25) is 0 Å². The second-order valence-electron chi connectivity index (χ2n) is 10.4. The molecule has 0 aromatic rings. The highest BCUT2D eigenvalue weighted by Crippen LogP contribution is 2.43. The minimum absolute atomic E-state index is 0.181. The highest BCUT2D eigenvalue weighted by atomic mass is 31.2. The number of phosphoric acid groups is 1. The quantitative estimate of drug-likeness (QED) is 0.136. The van der Waals surface area contributed by atoms with Crippen LogP contribution in [0.3, 0.4) is 0 Å². The smallest absolute Gasteiger partial charge is 0.465 e. The standard InChI is InChI=1S/C24H47O8P/c1-23(2,3)21(25)29-17-13-9-7-11-15-19-31-33(27,28)32-20-16-12-8-10-14-18-30-22(26)24(4,5)6/h7-20H2,1-6H3,(H,27,28). The molecule has 0 radical (unpaired) electrons. The number of esters is 2. The van der Waals surface area contributed by atoms with Gasteiger partial charge in [-0.15, -0.1) is 0 Å². The third kappa shape index (κ3) is 19.1. The van der Waals surface area contributed by atoms with Crippen LogP contribution >= 0.6 is 7.82 Å². The van der Waals surface area contributed by atoms with Gasteiger partial charge in [0.2, 0.25) is 0 Å². The molecule has 0 rings (SSSR count). The molecule has 0 amide bonds. The lowest BCUT2D eigenvalue weighted by Gasteiger charge is -2.16. The van der Waals surface area contributed by atoms with E-state index in [9.17, 15) is 19.0 Å². The molecule has 8 nitrogen and oxygen atoms in total. The maximum Gasteiger partial charge on any atom is 0.472 e. The SMILES string of the molecule is CC(C)(C)C(=O)OCCCCCCCOP(=O)(O)OCCCCCCCOC(=O)C(C)(C)C. The Hall–Kier alpha value is -0.950. The second-order valence-corrected chi connectivity index (χ2v) is 11.9. The fraction of sp³-hybridized carbons (Fsp3) is 0.917. The molecule has 0 spiro atoms. The topological polar surface area (TPSA) is 108 Å². The fourth-order valence-corrected chi connectivity index (χ4v) is 3.42. The Kier molecular flexibility index (Phi) is 16.2. The molecular formula is C24H47O8P. The van der Waals surface area contributed by atoms with E-state index in [0.29, 0.717) is 26.1 Å². The lowest BCUT2D eigenvalue weighted by atomic mass is 9.97. The normalized spacial score (nSPS) is 12.6. The molecule has 0 fully saturated rings. The number of hydrogen-bond donors (Lipinski definition) is 1. The summed E-state index contributed by atoms with van der Waals surface area (Å²) in [5.74, 6) is -0.373. The van der Waals surface area contributed by atoms with Gasteiger partial charge in [0, 0.05) is 0 Å². The van der Waals surface area contributed by atoms with E-state index in [1.807, 2.05) is 41.5 Å². The molecule has 33 heavy (non-hydrogen) atoms. The van der Waals surface area contributed by atoms with E-state index in [-0.39, 0.29) is 25.2 Å². The van der Waals surface area contributed by atoms with Gasteiger partial charge >= 0.3 is 19.8 Å². The van der Waals surface area contributed by atoms with Crippen LogP contribution in [-0.2, 0) is 32.7 Å². The summed E-state index contributed by atoms with van der Waals surface area (Å²) in [6.45, 7) is 12.2. The summed E-state index contributed by atoms with van der Waals surface area (Å²) in [4.78, 5) is 33.0. The van der Waals surface area contributed by atoms with Gasteiger partial charge in [0.15, 0.2) is 0 Å². The molecule has 9 heteroatoms. The zero-order chi connectivity index (χ0) is 25.4. The predicted molar refractivity (Wildman–Crippen MR) is 129 cm³/mol. The van der Waals surface area contributed by atoms with E-state index in [4.69, 9.17) is 18.5 Å². The predicted octanol–water partition coefficient (Wildman–Crippen LogP) is 6.20. The summed E-state index contributed by atoms with van der Waals surface area (Å²) in [5.41, 5.74) is -0.941. The zero-order valence-corrected chi connectivity index (χ0v) is 22.5. The second kappa shape index (κ2) is 16.6. The maximum absolute atomic E-state index is 11.9. The molecule has 196 valence electrons. The molecule has 0 atom stereocenters. The molecule has 0 aliphatic carbocycles. The lowest BCUT2D eigenvalue weighted by Crippen LogP contribution is -2.23. The number of ether oxygens (including phenoxy) is 2. The Morgan fingerprint density at radius 2 is 0.848 bits per heavy atom. The summed E-state index contributed by atoms with van der Waals surface area (Å²) >= 11 is 0. The van der Waals surface area contributed by atoms with Crippen LogP contribution in [0.4, 0.5) is 0 Å². The Morgan fingerprint density at radius 3 is 1.15 bits per heavy atom. The third-order valence-electron chi connectivity index (χ3n) is 4.78. The van der Waals surface area contributed by atoms with Crippen molar-refractivity contribution in [2.24, 2.45) is 10.8 Å². The van der Waals surface area contributed by atoms with E-state index >= 15 is 0 Å². The Labute approximate surface area is 200 Å². The fourth-order valence-electron chi connectivity index (χ4n) is 2.63. The van der Waals surface area contributed by atoms with Crippen LogP contribution in [-0.4, -0.2) is 43.3 Å². The summed E-state index contributed by atoms with van der Waals surface area (Å²) in [6.07, 6.45) is 8.48. The Morgan fingerprint density at radius 1 is 0.576 bits per heavy atom. The van der Waals surface area contributed by atoms with Crippen molar-refractivity contribution in [1.29, 1.82) is 0 Å². The van der Waals surface area contributed by atoms with Crippen molar-refractivity contribution in [2.45, 2.75) is 106 Å². The van der Waals surface area contributed by atoms with E-state index in [1.165, 1.54) is 0 Å². The van der Waals surface area contributed by atoms with Crippen molar-refractivity contribution in [1.82, 2.24) is 0 Å². The van der Waals surface area contributed by atoms with Crippen LogP contribution in [0.25, 0.3) is 0 Å². The van der Waals surface area contributed by atoms with Crippen LogP contribution in [0, 0.1) is 10.8 Å². The molecule has 0 bridgehead atoms. The molecular weight excluding hydrogens is 447 g/mol. The van der Waals surface area contributed by atoms with Crippen molar-refractivity contribution < 1.29 is 37.6 Å². The summed E-state index contributed by atoms with van der Waals surface area (Å²) in [6, 6.07) is 0. The van der Waals surface area contributed by atoms with Crippen molar-refractivity contribution in [3.05, 3.63) is 0 Å². The average Bonchev–Trinajstić information content (AvgIpc) is 2.69. The largest absolute Gasteiger partial charge is 0.472 e. The maximum atomic E-state index is 11.9. The number of hydrogen-bond acceptors (Lipinski definition) is 7. The Balaban J connectivity index is 3.53. The van der Waals surface area contributed by atoms with Crippen molar-refractivity contribution in [3.8, 4) is 0 Å². The van der Waals surface area contributed by atoms with Gasteiger partial charge in [-0.3, -0.25) is 18.6 Å². The number of rotatable bonds is 18. The van der Waals surface area contributed by atoms with Gasteiger partial charge in [0.25, 0.3) is 0 Å². The molecule has 0 saturated carbocycles. The van der Waals surface area contributed by atoms with Gasteiger partial charge in [0.05, 0.1) is 37.3 Å². The van der Waals surface area contributed by atoms with E-state index in [0.717, 1.165) is 51.4 Å². The third-order valence-corrected chi connectivity index (χ3v) is 5.79. The lowest BCUT2D eigenvalue weighted by molar-refractivity contribution is -0.153. The zero-order valence-electron chi connectivity index (χ0n) is 21.7. The first-order valence-corrected chi connectivity index (χ1v) is 13.7. The molecule has 0 unspecified atom stereocenters. The average molecular weight is 495 g/mol. The highest BCUT2D eigenvalue weighted by Gasteiger charge is 2.23. The molecule has 0 aliphatic rings. The highest BCUT2D eigenvalue weighted by molar-refractivity contribution is 7.47. The van der Waals surface area contributed by atoms with Crippen LogP contribution in [0.1, 0.15) is 106 Å². The van der Waals surface area contributed by atoms with Gasteiger partial charge in [-0.1, -0.05) is 38.5 Å². The van der Waals surface area contributed by atoms with Gasteiger partial charge in [-0.2, -0.15) is 0 Å². The summed E-state index contributed by atoms with van der Waals surface area (Å²) in [7, 11) is -3.99. The molecule has 0 heterocycles. The molecule has 1 N–H and O–H groups in total. The van der Waals surface area contributed by atoms with Crippen LogP contribution in [0.5, 0.6) is 0 Å². The molecule has 0 aromatic carbocycles. The number of phosphoric ester groups is 1. The molecule has 0 saturated heterocycles. The number of carbonyl (C=O) groups excluding carboxylic acids is 2. The molecule has 0 aromatic heterocycles. The van der Waals surface area contributed by atoms with E-state index in [2.05, 4.69) is 0 Å². The Bertz CT molecular complexity index is 544. The van der Waals surface area contributed by atoms with E-state index < -0.39 is 18.7 Å². The van der Waals surface area contributed by atoms with Gasteiger partial charge in [-0.25, -0.2) is 4.57 Å². The minimum atomic E-state index is -3.99. The van der Waals surface area contributed by atoms with Crippen LogP contribution < -0.4 is 0 Å². The number of carbonyl (C=O) groups is 2. The first kappa shape index (κ1) is 32.0. The minimum Gasteiger partial charge on any atom is -0.465 e. The van der Waals surface area contributed by atoms with Crippen molar-refractivity contribution >= 4 is 19.8 Å². The van der Waals surface area contributed by atoms with Gasteiger partial charge in [0.1, 0.15) is 0 Å². The number of unbranched alkanes of at least 4 members (excludes halogenated alkanes) is 8. The molecule has 0 aliphatic heterocycles. The first-order valence-electron chi connectivity index (χ1n) is 12.2. The van der Waals surface area contributed by atoms with Crippen molar-refractivity contribution in [3.63, 3.8) is 0 Å². The van der Waals surface area contributed by atoms with Crippen LogP contribution in [0.15, 0.2) is 0 Å². The monoisotopic (exact) mass is 494 g/mol. The summed E-state index contributed by atoms with van der Waals surface area (Å²) < 4.78 is 32.3. The van der Waals surface area contributed by atoms with Gasteiger partial charge in [-0.05, 0) is 67.2 Å². The first-order chi connectivity index (χ1) is 15.3.